The van der Waals surface area contributed by atoms with Crippen LogP contribution in [0.3, 0.4) is 0 Å². The van der Waals surface area contributed by atoms with Gasteiger partial charge in [0.05, 0.1) is 22.6 Å². The van der Waals surface area contributed by atoms with E-state index in [1.54, 1.807) is 13.0 Å². The molecule has 1 aliphatic carbocycles. The van der Waals surface area contributed by atoms with Crippen molar-refractivity contribution < 1.29 is 18.7 Å². The van der Waals surface area contributed by atoms with Gasteiger partial charge >= 0.3 is 5.97 Å². The molecule has 7 nitrogen and oxygen atoms in total. The van der Waals surface area contributed by atoms with E-state index in [0.29, 0.717) is 23.4 Å². The lowest BCUT2D eigenvalue weighted by Gasteiger charge is -2.20. The summed E-state index contributed by atoms with van der Waals surface area (Å²) in [6, 6.07) is 4.61. The highest BCUT2D eigenvalue weighted by Crippen LogP contribution is 2.30. The average molecular weight is 473 g/mol. The molecule has 2 heterocycles. The van der Waals surface area contributed by atoms with E-state index in [1.807, 2.05) is 0 Å². The van der Waals surface area contributed by atoms with Gasteiger partial charge in [-0.25, -0.2) is 23.5 Å². The van der Waals surface area contributed by atoms with Crippen LogP contribution in [0.1, 0.15) is 47.7 Å². The molecule has 0 bridgehead atoms. The van der Waals surface area contributed by atoms with Crippen molar-refractivity contribution in [3.05, 3.63) is 80.7 Å². The summed E-state index contributed by atoms with van der Waals surface area (Å²) in [5, 5.41) is 12.5. The molecule has 0 saturated carbocycles. The number of aromatic carboxylic acids is 1. The van der Waals surface area contributed by atoms with Crippen LogP contribution < -0.4 is 10.9 Å². The van der Waals surface area contributed by atoms with Crippen LogP contribution in [0.25, 0.3) is 16.5 Å². The van der Waals surface area contributed by atoms with Gasteiger partial charge in [-0.1, -0.05) is 17.7 Å². The zero-order valence-electron chi connectivity index (χ0n) is 17.7. The number of hydrogen-bond acceptors (Lipinski definition) is 5. The number of hydrogen-bond donors (Lipinski definition) is 2. The Morgan fingerprint density at radius 2 is 1.97 bits per heavy atom. The number of allylic oxidation sites excluding steroid dienone is 4. The maximum absolute atomic E-state index is 14.5. The van der Waals surface area contributed by atoms with Crippen LogP contribution in [-0.4, -0.2) is 25.6 Å². The van der Waals surface area contributed by atoms with Crippen molar-refractivity contribution in [2.75, 3.05) is 5.32 Å². The van der Waals surface area contributed by atoms with Gasteiger partial charge in [-0.15, -0.1) is 0 Å². The number of fused-ring (bicyclic) bond motifs is 1. The Kier molecular flexibility index (Phi) is 5.99. The highest BCUT2D eigenvalue weighted by molar-refractivity contribution is 6.29. The van der Waals surface area contributed by atoms with Gasteiger partial charge in [-0.05, 0) is 49.3 Å². The van der Waals surface area contributed by atoms with Crippen molar-refractivity contribution in [1.82, 2.24) is 14.5 Å². The number of carboxylic acids is 1. The predicted octanol–water partition coefficient (Wildman–Crippen LogP) is 5.02. The third-order valence-corrected chi connectivity index (χ3v) is 5.67. The monoisotopic (exact) mass is 472 g/mol. The first kappa shape index (κ1) is 22.6. The zero-order chi connectivity index (χ0) is 23.9. The minimum absolute atomic E-state index is 0.0165. The second kappa shape index (κ2) is 8.74. The molecule has 1 atom stereocenters. The van der Waals surface area contributed by atoms with Gasteiger partial charge in [0.1, 0.15) is 22.6 Å². The number of nitrogens with one attached hydrogen (secondary N) is 1. The third kappa shape index (κ3) is 4.36. The molecule has 0 saturated heterocycles. The largest absolute Gasteiger partial charge is 0.476 e. The lowest BCUT2D eigenvalue weighted by atomic mass is 10.0. The van der Waals surface area contributed by atoms with Crippen LogP contribution in [0.2, 0.25) is 5.15 Å². The number of pyridine rings is 1. The number of carboxylic acid groups (broad SMARTS) is 1. The highest BCUT2D eigenvalue weighted by atomic mass is 35.5. The van der Waals surface area contributed by atoms with E-state index >= 15 is 0 Å². The van der Waals surface area contributed by atoms with Gasteiger partial charge in [-0.3, -0.25) is 9.36 Å². The summed E-state index contributed by atoms with van der Waals surface area (Å²) in [4.78, 5) is 33.1. The molecule has 0 spiro atoms. The van der Waals surface area contributed by atoms with Crippen LogP contribution in [0.4, 0.5) is 14.5 Å². The Hall–Kier alpha value is -3.59. The molecular formula is C23H19ClF2N4O3. The third-order valence-electron chi connectivity index (χ3n) is 5.46. The number of carbonyl (C=O) groups is 1. The maximum Gasteiger partial charge on any atom is 0.356 e. The van der Waals surface area contributed by atoms with E-state index in [4.69, 9.17) is 11.6 Å². The second-order valence-electron chi connectivity index (χ2n) is 7.70. The van der Waals surface area contributed by atoms with E-state index in [9.17, 15) is 23.5 Å². The van der Waals surface area contributed by atoms with Gasteiger partial charge in [0.2, 0.25) is 0 Å². The molecule has 0 unspecified atom stereocenters. The number of benzene rings is 1. The van der Waals surface area contributed by atoms with Gasteiger partial charge < -0.3 is 10.4 Å². The van der Waals surface area contributed by atoms with Crippen LogP contribution in [-0.2, 0) is 7.05 Å². The first-order valence-electron chi connectivity index (χ1n) is 10.1. The minimum atomic E-state index is -1.28. The predicted molar refractivity (Wildman–Crippen MR) is 122 cm³/mol. The van der Waals surface area contributed by atoms with Gasteiger partial charge in [-0.2, -0.15) is 0 Å². The molecule has 0 fully saturated rings. The number of rotatable bonds is 5. The molecule has 0 radical (unpaired) electrons. The van der Waals surface area contributed by atoms with E-state index in [0.717, 1.165) is 6.07 Å². The van der Waals surface area contributed by atoms with Crippen LogP contribution in [0.15, 0.2) is 47.0 Å². The summed E-state index contributed by atoms with van der Waals surface area (Å²) in [7, 11) is 1.53. The number of aromatic nitrogens is 3. The summed E-state index contributed by atoms with van der Waals surface area (Å²) in [6.07, 6.45) is 3.49. The van der Waals surface area contributed by atoms with E-state index < -0.39 is 23.4 Å². The fourth-order valence-corrected chi connectivity index (χ4v) is 3.95. The first-order valence-corrected chi connectivity index (χ1v) is 10.5. The molecule has 0 aliphatic heterocycles. The lowest BCUT2D eigenvalue weighted by Crippen LogP contribution is -2.24. The first-order chi connectivity index (χ1) is 15.7. The molecule has 1 aromatic carbocycles. The van der Waals surface area contributed by atoms with Crippen LogP contribution in [0, 0.1) is 5.82 Å². The molecule has 4 rings (SSSR count). The summed E-state index contributed by atoms with van der Waals surface area (Å²) in [5.74, 6) is -1.81. The molecule has 3 aromatic rings. The van der Waals surface area contributed by atoms with Crippen LogP contribution in [0.5, 0.6) is 0 Å². The molecule has 1 aliphatic rings. The Morgan fingerprint density at radius 1 is 1.21 bits per heavy atom. The Morgan fingerprint density at radius 3 is 2.64 bits per heavy atom. The topological polar surface area (TPSA) is 97.1 Å². The Bertz CT molecular complexity index is 1420. The summed E-state index contributed by atoms with van der Waals surface area (Å²) in [5.41, 5.74) is 0.747. The molecule has 0 amide bonds. The fraction of sp³-hybridized carbons (Fsp3) is 0.217. The number of anilines is 1. The summed E-state index contributed by atoms with van der Waals surface area (Å²) in [6.45, 7) is 1.69. The molecular weight excluding hydrogens is 454 g/mol. The lowest BCUT2D eigenvalue weighted by molar-refractivity contribution is 0.0691. The molecule has 2 aromatic heterocycles. The highest BCUT2D eigenvalue weighted by Gasteiger charge is 2.21. The molecule has 2 N–H and O–H groups in total. The molecule has 33 heavy (non-hydrogen) atoms. The Balaban J connectivity index is 1.86. The van der Waals surface area contributed by atoms with Crippen LogP contribution >= 0.6 is 11.6 Å². The van der Waals surface area contributed by atoms with Gasteiger partial charge in [0.15, 0.2) is 5.69 Å². The number of nitrogens with zero attached hydrogens (tertiary/aromatic N) is 3. The Labute approximate surface area is 192 Å². The van der Waals surface area contributed by atoms with Crippen molar-refractivity contribution in [1.29, 1.82) is 0 Å². The smallest absolute Gasteiger partial charge is 0.356 e. The summed E-state index contributed by atoms with van der Waals surface area (Å²) < 4.78 is 29.3. The second-order valence-corrected chi connectivity index (χ2v) is 8.08. The molecule has 10 heteroatoms. The van der Waals surface area contributed by atoms with E-state index in [-0.39, 0.29) is 39.7 Å². The van der Waals surface area contributed by atoms with E-state index in [1.165, 1.54) is 35.9 Å². The van der Waals surface area contributed by atoms with Crippen molar-refractivity contribution in [3.8, 4) is 0 Å². The fourth-order valence-electron chi connectivity index (χ4n) is 3.81. The van der Waals surface area contributed by atoms with E-state index in [2.05, 4.69) is 15.3 Å². The van der Waals surface area contributed by atoms with Crippen molar-refractivity contribution in [2.45, 2.75) is 25.8 Å². The zero-order valence-corrected chi connectivity index (χ0v) is 18.5. The average Bonchev–Trinajstić information content (AvgIpc) is 2.77. The van der Waals surface area contributed by atoms with Gasteiger partial charge in [0.25, 0.3) is 5.56 Å². The van der Waals surface area contributed by atoms with Gasteiger partial charge in [0, 0.05) is 19.0 Å². The molecule has 170 valence electrons. The SMILES string of the molecule is C[C@@H](Nc1ccc(Cl)nc1C(=O)O)c1cc(F)cc2c(=O)n(C)c(C3=CC=C(F)CC3)nc12. The summed E-state index contributed by atoms with van der Waals surface area (Å²) >= 11 is 5.81. The minimum Gasteiger partial charge on any atom is -0.476 e. The van der Waals surface area contributed by atoms with Crippen molar-refractivity contribution in [3.63, 3.8) is 0 Å². The quantitative estimate of drug-likeness (QED) is 0.506. The maximum atomic E-state index is 14.5. The standard InChI is InChI=1S/C23H19ClF2N4O3/c1-11(27-17-7-8-18(24)28-20(17)23(32)33)15-9-14(26)10-16-19(15)29-21(30(2)22(16)31)12-3-5-13(25)6-4-12/h3,5,7-11,27H,4,6H2,1-2H3,(H,32,33)/t11-/m1/s1. The number of halogens is 3. The van der Waals surface area contributed by atoms with Crippen molar-refractivity contribution >= 4 is 39.7 Å². The normalized spacial score (nSPS) is 14.6. The van der Waals surface area contributed by atoms with Crippen molar-refractivity contribution in [2.24, 2.45) is 7.05 Å².